The molecular weight excluding hydrogens is 349 g/mol. The van der Waals surface area contributed by atoms with Crippen LogP contribution < -0.4 is 10.6 Å². The first-order valence-electron chi connectivity index (χ1n) is 8.87. The Kier molecular flexibility index (Phi) is 3.82. The molecule has 1 aromatic rings. The monoisotopic (exact) mass is 370 g/mol. The number of nitrogens with zero attached hydrogens (tertiary/aromatic N) is 1. The molecule has 4 fully saturated rings. The minimum Gasteiger partial charge on any atom is -0.351 e. The number of amides is 2. The van der Waals surface area contributed by atoms with Gasteiger partial charge in [0.2, 0.25) is 5.91 Å². The lowest BCUT2D eigenvalue weighted by atomic mass is 9.51. The summed E-state index contributed by atoms with van der Waals surface area (Å²) in [6.07, 6.45) is 0.653. The second-order valence-corrected chi connectivity index (χ2v) is 8.09. The van der Waals surface area contributed by atoms with Crippen molar-refractivity contribution in [2.75, 3.05) is 0 Å². The summed E-state index contributed by atoms with van der Waals surface area (Å²) in [7, 11) is 0. The molecule has 6 nitrogen and oxygen atoms in total. The van der Waals surface area contributed by atoms with Gasteiger partial charge < -0.3 is 10.6 Å². The zero-order valence-electron chi connectivity index (χ0n) is 14.3. The maximum atomic E-state index is 13.0. The predicted octanol–water partition coefficient (Wildman–Crippen LogP) is 2.24. The van der Waals surface area contributed by atoms with Crippen molar-refractivity contribution < 1.29 is 22.8 Å². The van der Waals surface area contributed by atoms with Crippen LogP contribution in [-0.2, 0) is 11.0 Å². The van der Waals surface area contributed by atoms with E-state index in [4.69, 9.17) is 0 Å². The van der Waals surface area contributed by atoms with E-state index in [1.54, 1.807) is 0 Å². The van der Waals surface area contributed by atoms with Crippen LogP contribution in [0.15, 0.2) is 6.20 Å². The van der Waals surface area contributed by atoms with Crippen molar-refractivity contribution in [1.29, 1.82) is 0 Å². The number of nitrogens with one attached hydrogen (secondary N) is 3. The molecule has 142 valence electrons. The van der Waals surface area contributed by atoms with Crippen LogP contribution in [0.4, 0.5) is 13.2 Å². The summed E-state index contributed by atoms with van der Waals surface area (Å²) in [5.41, 5.74) is -1.80. The van der Waals surface area contributed by atoms with Crippen LogP contribution in [0.25, 0.3) is 0 Å². The number of rotatable bonds is 3. The molecule has 4 aliphatic rings. The second kappa shape index (κ2) is 5.72. The van der Waals surface area contributed by atoms with Gasteiger partial charge in [-0.15, -0.1) is 0 Å². The standard InChI is InChI=1S/C17H21F3N4O2/c1-8(25)23-16-4-9-2-10(5-16)13(11(3-9)6-16)22-15(26)12-7-21-24-14(12)17(18,19)20/h7,9-11,13H,2-6H2,1H3,(H,21,24)(H,22,26)(H,23,25). The third-order valence-corrected chi connectivity index (χ3v) is 6.18. The van der Waals surface area contributed by atoms with Gasteiger partial charge in [-0.25, -0.2) is 0 Å². The van der Waals surface area contributed by atoms with Crippen LogP contribution in [0.3, 0.4) is 0 Å². The Balaban J connectivity index is 1.52. The number of halogens is 3. The van der Waals surface area contributed by atoms with E-state index in [2.05, 4.69) is 15.7 Å². The molecule has 5 rings (SSSR count). The fraction of sp³-hybridized carbons (Fsp3) is 0.706. The molecule has 2 atom stereocenters. The van der Waals surface area contributed by atoms with E-state index >= 15 is 0 Å². The van der Waals surface area contributed by atoms with Gasteiger partial charge >= 0.3 is 6.18 Å². The predicted molar refractivity (Wildman–Crippen MR) is 84.9 cm³/mol. The SMILES string of the molecule is CC(=O)NC12CC3CC(C1)C(NC(=O)c1cn[nH]c1C(F)(F)F)C(C3)C2. The van der Waals surface area contributed by atoms with Crippen molar-refractivity contribution in [3.63, 3.8) is 0 Å². The van der Waals surface area contributed by atoms with E-state index in [-0.39, 0.29) is 29.3 Å². The second-order valence-electron chi connectivity index (χ2n) is 8.09. The summed E-state index contributed by atoms with van der Waals surface area (Å²) in [4.78, 5) is 24.1. The molecule has 0 aliphatic heterocycles. The summed E-state index contributed by atoms with van der Waals surface area (Å²) >= 11 is 0. The van der Waals surface area contributed by atoms with Crippen molar-refractivity contribution >= 4 is 11.8 Å². The van der Waals surface area contributed by atoms with E-state index in [0.717, 1.165) is 38.3 Å². The quantitative estimate of drug-likeness (QED) is 0.763. The lowest BCUT2D eigenvalue weighted by Crippen LogP contribution is -2.66. The van der Waals surface area contributed by atoms with Gasteiger partial charge in [0.15, 0.2) is 5.69 Å². The Bertz CT molecular complexity index is 729. The van der Waals surface area contributed by atoms with Crippen LogP contribution in [-0.4, -0.2) is 33.6 Å². The number of alkyl halides is 3. The maximum Gasteiger partial charge on any atom is 0.433 e. The summed E-state index contributed by atoms with van der Waals surface area (Å²) in [6.45, 7) is 1.51. The highest BCUT2D eigenvalue weighted by molar-refractivity contribution is 5.95. The molecule has 9 heteroatoms. The molecule has 0 radical (unpaired) electrons. The Morgan fingerprint density at radius 2 is 1.88 bits per heavy atom. The molecule has 26 heavy (non-hydrogen) atoms. The highest BCUT2D eigenvalue weighted by Crippen LogP contribution is 2.55. The number of aromatic amines is 1. The van der Waals surface area contributed by atoms with Crippen LogP contribution in [0.1, 0.15) is 55.1 Å². The summed E-state index contributed by atoms with van der Waals surface area (Å²) in [5, 5.41) is 11.2. The first-order chi connectivity index (χ1) is 12.2. The fourth-order valence-electron chi connectivity index (χ4n) is 5.69. The number of H-pyrrole nitrogens is 1. The summed E-state index contributed by atoms with van der Waals surface area (Å²) in [5.74, 6) is 0.0709. The van der Waals surface area contributed by atoms with Crippen LogP contribution in [0.5, 0.6) is 0 Å². The van der Waals surface area contributed by atoms with Gasteiger partial charge in [-0.3, -0.25) is 14.7 Å². The van der Waals surface area contributed by atoms with Gasteiger partial charge in [0.1, 0.15) is 0 Å². The van der Waals surface area contributed by atoms with Crippen molar-refractivity contribution in [2.45, 2.75) is 56.8 Å². The molecule has 2 unspecified atom stereocenters. The van der Waals surface area contributed by atoms with E-state index in [1.807, 2.05) is 5.10 Å². The average molecular weight is 370 g/mol. The molecular formula is C17H21F3N4O2. The van der Waals surface area contributed by atoms with Gasteiger partial charge in [0.05, 0.1) is 11.8 Å². The van der Waals surface area contributed by atoms with Crippen LogP contribution >= 0.6 is 0 Å². The number of aromatic nitrogens is 2. The number of carbonyl (C=O) groups excluding carboxylic acids is 2. The van der Waals surface area contributed by atoms with Crippen LogP contribution in [0.2, 0.25) is 0 Å². The third-order valence-electron chi connectivity index (χ3n) is 6.18. The van der Waals surface area contributed by atoms with Crippen molar-refractivity contribution in [2.24, 2.45) is 17.8 Å². The first kappa shape index (κ1) is 17.4. The normalized spacial score (nSPS) is 35.4. The molecule has 3 N–H and O–H groups in total. The molecule has 4 aliphatic carbocycles. The maximum absolute atomic E-state index is 13.0. The minimum absolute atomic E-state index is 0.0549. The third kappa shape index (κ3) is 2.87. The van der Waals surface area contributed by atoms with E-state index in [0.29, 0.717) is 5.92 Å². The number of carbonyl (C=O) groups is 2. The largest absolute Gasteiger partial charge is 0.433 e. The van der Waals surface area contributed by atoms with E-state index in [9.17, 15) is 22.8 Å². The average Bonchev–Trinajstić information content (AvgIpc) is 2.98. The molecule has 1 heterocycles. The molecule has 4 saturated carbocycles. The number of hydrogen-bond acceptors (Lipinski definition) is 3. The topological polar surface area (TPSA) is 86.9 Å². The van der Waals surface area contributed by atoms with Gasteiger partial charge in [-0.05, 0) is 49.9 Å². The van der Waals surface area contributed by atoms with Gasteiger partial charge in [0.25, 0.3) is 5.91 Å². The van der Waals surface area contributed by atoms with E-state index < -0.39 is 23.3 Å². The molecule has 2 amide bonds. The molecule has 0 aromatic carbocycles. The van der Waals surface area contributed by atoms with E-state index in [1.165, 1.54) is 6.92 Å². The summed E-state index contributed by atoms with van der Waals surface area (Å²) < 4.78 is 39.0. The van der Waals surface area contributed by atoms with Gasteiger partial charge in [-0.2, -0.15) is 18.3 Å². The fourth-order valence-corrected chi connectivity index (χ4v) is 5.69. The first-order valence-corrected chi connectivity index (χ1v) is 8.87. The highest BCUT2D eigenvalue weighted by Gasteiger charge is 2.56. The zero-order chi connectivity index (χ0) is 18.7. The lowest BCUT2D eigenvalue weighted by Gasteiger charge is -2.60. The number of hydrogen-bond donors (Lipinski definition) is 3. The Hall–Kier alpha value is -2.06. The minimum atomic E-state index is -4.65. The smallest absolute Gasteiger partial charge is 0.351 e. The van der Waals surface area contributed by atoms with Crippen molar-refractivity contribution in [3.05, 3.63) is 17.5 Å². The molecule has 1 aromatic heterocycles. The molecule has 0 spiro atoms. The lowest BCUT2D eigenvalue weighted by molar-refractivity contribution is -0.141. The molecule has 4 bridgehead atoms. The molecule has 0 saturated heterocycles. The summed E-state index contributed by atoms with van der Waals surface area (Å²) in [6, 6.07) is -0.156. The van der Waals surface area contributed by atoms with Gasteiger partial charge in [-0.1, -0.05) is 0 Å². The Labute approximate surface area is 148 Å². The highest BCUT2D eigenvalue weighted by atomic mass is 19.4. The Morgan fingerprint density at radius 3 is 2.46 bits per heavy atom. The van der Waals surface area contributed by atoms with Crippen molar-refractivity contribution in [1.82, 2.24) is 20.8 Å². The Morgan fingerprint density at radius 1 is 1.23 bits per heavy atom. The van der Waals surface area contributed by atoms with Crippen molar-refractivity contribution in [3.8, 4) is 0 Å². The zero-order valence-corrected chi connectivity index (χ0v) is 14.3. The van der Waals surface area contributed by atoms with Gasteiger partial charge in [0, 0.05) is 18.5 Å². The van der Waals surface area contributed by atoms with Crippen LogP contribution in [0, 0.1) is 17.8 Å².